The first-order valence-electron chi connectivity index (χ1n) is 5.73. The molecule has 6 nitrogen and oxygen atoms in total. The molecule has 0 fully saturated rings. The Labute approximate surface area is 111 Å². The minimum Gasteiger partial charge on any atom is -0.399 e. The SMILES string of the molecule is Nc1cccc(/C=C/C(=O)NC(CO)(CO)CO)c1. The summed E-state index contributed by atoms with van der Waals surface area (Å²) in [5.74, 6) is -0.528. The highest BCUT2D eigenvalue weighted by Gasteiger charge is 2.29. The third-order valence-corrected chi connectivity index (χ3v) is 2.63. The lowest BCUT2D eigenvalue weighted by molar-refractivity contribution is -0.120. The average Bonchev–Trinajstić information content (AvgIpc) is 2.43. The van der Waals surface area contributed by atoms with Crippen molar-refractivity contribution in [3.05, 3.63) is 35.9 Å². The first kappa shape index (κ1) is 15.2. The number of carbonyl (C=O) groups excluding carboxylic acids is 1. The molecule has 0 aliphatic heterocycles. The number of rotatable bonds is 6. The fourth-order valence-electron chi connectivity index (χ4n) is 1.41. The number of nitrogens with one attached hydrogen (secondary N) is 1. The lowest BCUT2D eigenvalue weighted by Gasteiger charge is -2.27. The van der Waals surface area contributed by atoms with Gasteiger partial charge in [0, 0.05) is 11.8 Å². The normalized spacial score (nSPS) is 11.7. The molecule has 0 heterocycles. The van der Waals surface area contributed by atoms with Crippen LogP contribution in [0.2, 0.25) is 0 Å². The number of aliphatic hydroxyl groups is 3. The molecule has 0 bridgehead atoms. The number of nitrogen functional groups attached to an aromatic ring is 1. The van der Waals surface area contributed by atoms with Gasteiger partial charge in [-0.05, 0) is 23.8 Å². The van der Waals surface area contributed by atoms with E-state index in [4.69, 9.17) is 21.1 Å². The van der Waals surface area contributed by atoms with Gasteiger partial charge in [0.2, 0.25) is 5.91 Å². The molecule has 104 valence electrons. The minimum absolute atomic E-state index is 0.528. The summed E-state index contributed by atoms with van der Waals surface area (Å²) in [6, 6.07) is 6.96. The molecule has 0 aliphatic rings. The first-order chi connectivity index (χ1) is 9.05. The Morgan fingerprint density at radius 2 is 1.89 bits per heavy atom. The fourth-order valence-corrected chi connectivity index (χ4v) is 1.41. The van der Waals surface area contributed by atoms with Crippen molar-refractivity contribution in [2.45, 2.75) is 5.54 Å². The van der Waals surface area contributed by atoms with E-state index in [1.54, 1.807) is 30.3 Å². The number of aliphatic hydroxyl groups excluding tert-OH is 3. The van der Waals surface area contributed by atoms with E-state index in [-0.39, 0.29) is 0 Å². The molecular weight excluding hydrogens is 248 g/mol. The number of carbonyl (C=O) groups is 1. The van der Waals surface area contributed by atoms with Gasteiger partial charge < -0.3 is 26.4 Å². The second kappa shape index (κ2) is 6.89. The molecule has 1 aromatic carbocycles. The predicted octanol–water partition coefficient (Wildman–Crippen LogP) is -0.886. The van der Waals surface area contributed by atoms with E-state index in [0.717, 1.165) is 5.56 Å². The van der Waals surface area contributed by atoms with Gasteiger partial charge in [0.25, 0.3) is 0 Å². The Morgan fingerprint density at radius 1 is 1.26 bits per heavy atom. The van der Waals surface area contributed by atoms with Crippen LogP contribution in [-0.4, -0.2) is 46.6 Å². The summed E-state index contributed by atoms with van der Waals surface area (Å²) in [6.45, 7) is -1.67. The van der Waals surface area contributed by atoms with Gasteiger partial charge >= 0.3 is 0 Å². The second-order valence-electron chi connectivity index (χ2n) is 4.25. The summed E-state index contributed by atoms with van der Waals surface area (Å²) in [4.78, 5) is 11.6. The number of anilines is 1. The number of nitrogens with two attached hydrogens (primary N) is 1. The lowest BCUT2D eigenvalue weighted by Crippen LogP contribution is -2.56. The summed E-state index contributed by atoms with van der Waals surface area (Å²) in [7, 11) is 0. The van der Waals surface area contributed by atoms with E-state index in [9.17, 15) is 4.79 Å². The van der Waals surface area contributed by atoms with Crippen LogP contribution < -0.4 is 11.1 Å². The van der Waals surface area contributed by atoms with Crippen LogP contribution in [0.15, 0.2) is 30.3 Å². The van der Waals surface area contributed by atoms with Gasteiger partial charge in [-0.15, -0.1) is 0 Å². The van der Waals surface area contributed by atoms with Crippen LogP contribution in [0.25, 0.3) is 6.08 Å². The highest BCUT2D eigenvalue weighted by Crippen LogP contribution is 2.08. The van der Waals surface area contributed by atoms with Crippen LogP contribution >= 0.6 is 0 Å². The number of hydrogen-bond acceptors (Lipinski definition) is 5. The summed E-state index contributed by atoms with van der Waals surface area (Å²) >= 11 is 0. The Kier molecular flexibility index (Phi) is 5.50. The standard InChI is InChI=1S/C13H18N2O4/c14-11-3-1-2-10(6-11)4-5-12(19)15-13(7-16,8-17)9-18/h1-6,16-18H,7-9,14H2,(H,15,19)/b5-4+. The van der Waals surface area contributed by atoms with E-state index in [0.29, 0.717) is 5.69 Å². The predicted molar refractivity (Wildman–Crippen MR) is 72.0 cm³/mol. The molecule has 0 spiro atoms. The molecule has 0 aromatic heterocycles. The van der Waals surface area contributed by atoms with Gasteiger partial charge in [-0.2, -0.15) is 0 Å². The topological polar surface area (TPSA) is 116 Å². The minimum atomic E-state index is -1.42. The zero-order valence-electron chi connectivity index (χ0n) is 10.4. The van der Waals surface area contributed by atoms with E-state index >= 15 is 0 Å². The quantitative estimate of drug-likeness (QED) is 0.338. The molecule has 6 N–H and O–H groups in total. The molecule has 19 heavy (non-hydrogen) atoms. The smallest absolute Gasteiger partial charge is 0.244 e. The molecule has 1 aromatic rings. The van der Waals surface area contributed by atoms with Gasteiger partial charge in [-0.3, -0.25) is 4.79 Å². The van der Waals surface area contributed by atoms with Crippen LogP contribution in [0, 0.1) is 0 Å². The third-order valence-electron chi connectivity index (χ3n) is 2.63. The third kappa shape index (κ3) is 4.36. The molecule has 0 radical (unpaired) electrons. The van der Waals surface area contributed by atoms with Crippen molar-refractivity contribution in [2.75, 3.05) is 25.6 Å². The van der Waals surface area contributed by atoms with Gasteiger partial charge in [-0.25, -0.2) is 0 Å². The Morgan fingerprint density at radius 3 is 2.42 bits per heavy atom. The van der Waals surface area contributed by atoms with Crippen molar-refractivity contribution >= 4 is 17.7 Å². The largest absolute Gasteiger partial charge is 0.399 e. The average molecular weight is 266 g/mol. The van der Waals surface area contributed by atoms with Crippen molar-refractivity contribution in [2.24, 2.45) is 0 Å². The Bertz CT molecular complexity index is 447. The zero-order valence-corrected chi connectivity index (χ0v) is 10.4. The van der Waals surface area contributed by atoms with Crippen LogP contribution in [0.3, 0.4) is 0 Å². The summed E-state index contributed by atoms with van der Waals surface area (Å²) in [5.41, 5.74) is 5.51. The molecular formula is C13H18N2O4. The van der Waals surface area contributed by atoms with E-state index in [1.165, 1.54) is 6.08 Å². The number of amides is 1. The molecule has 0 aliphatic carbocycles. The molecule has 1 amide bonds. The van der Waals surface area contributed by atoms with E-state index < -0.39 is 31.3 Å². The van der Waals surface area contributed by atoms with E-state index in [1.807, 2.05) is 0 Å². The Hall–Kier alpha value is -1.89. The van der Waals surface area contributed by atoms with Crippen molar-refractivity contribution in [3.8, 4) is 0 Å². The van der Waals surface area contributed by atoms with Gasteiger partial charge in [-0.1, -0.05) is 12.1 Å². The summed E-state index contributed by atoms with van der Waals surface area (Å²) in [5, 5.41) is 29.6. The highest BCUT2D eigenvalue weighted by atomic mass is 16.3. The fraction of sp³-hybridized carbons (Fsp3) is 0.308. The first-order valence-corrected chi connectivity index (χ1v) is 5.73. The molecule has 0 saturated heterocycles. The van der Waals surface area contributed by atoms with Gasteiger partial charge in [0.15, 0.2) is 0 Å². The number of benzene rings is 1. The maximum Gasteiger partial charge on any atom is 0.244 e. The highest BCUT2D eigenvalue weighted by molar-refractivity contribution is 5.92. The molecule has 6 heteroatoms. The van der Waals surface area contributed by atoms with Crippen LogP contribution in [0.4, 0.5) is 5.69 Å². The van der Waals surface area contributed by atoms with E-state index in [2.05, 4.69) is 5.32 Å². The maximum absolute atomic E-state index is 11.6. The summed E-state index contributed by atoms with van der Waals surface area (Å²) in [6.07, 6.45) is 2.78. The van der Waals surface area contributed by atoms with Crippen molar-refractivity contribution in [1.29, 1.82) is 0 Å². The zero-order chi connectivity index (χ0) is 14.3. The van der Waals surface area contributed by atoms with Crippen LogP contribution in [-0.2, 0) is 4.79 Å². The second-order valence-corrected chi connectivity index (χ2v) is 4.25. The molecule has 0 saturated carbocycles. The van der Waals surface area contributed by atoms with Crippen LogP contribution in [0.5, 0.6) is 0 Å². The van der Waals surface area contributed by atoms with Crippen molar-refractivity contribution in [3.63, 3.8) is 0 Å². The van der Waals surface area contributed by atoms with Crippen LogP contribution in [0.1, 0.15) is 5.56 Å². The lowest BCUT2D eigenvalue weighted by atomic mass is 10.0. The molecule has 1 rings (SSSR count). The molecule has 0 atom stereocenters. The van der Waals surface area contributed by atoms with Crippen molar-refractivity contribution < 1.29 is 20.1 Å². The van der Waals surface area contributed by atoms with Gasteiger partial charge in [0.1, 0.15) is 5.54 Å². The molecule has 0 unspecified atom stereocenters. The van der Waals surface area contributed by atoms with Gasteiger partial charge in [0.05, 0.1) is 19.8 Å². The maximum atomic E-state index is 11.6. The Balaban J connectivity index is 2.69. The monoisotopic (exact) mass is 266 g/mol. The number of hydrogen-bond donors (Lipinski definition) is 5. The van der Waals surface area contributed by atoms with Crippen molar-refractivity contribution in [1.82, 2.24) is 5.32 Å². The summed E-state index contributed by atoms with van der Waals surface area (Å²) < 4.78 is 0.